The summed E-state index contributed by atoms with van der Waals surface area (Å²) in [6.45, 7) is 5.49. The molecule has 0 saturated heterocycles. The summed E-state index contributed by atoms with van der Waals surface area (Å²) in [5, 5.41) is 2.70. The number of nitrogens with zero attached hydrogens (tertiary/aromatic N) is 1. The number of likely N-dealkylation sites (N-methyl/N-ethyl adjacent to an activating group) is 1. The summed E-state index contributed by atoms with van der Waals surface area (Å²) >= 11 is 0. The highest BCUT2D eigenvalue weighted by atomic mass is 19.4. The van der Waals surface area contributed by atoms with Crippen molar-refractivity contribution in [3.63, 3.8) is 0 Å². The summed E-state index contributed by atoms with van der Waals surface area (Å²) in [4.78, 5) is 25.7. The summed E-state index contributed by atoms with van der Waals surface area (Å²) in [6, 6.07) is 7.44. The molecular formula is C19H21F3N2O3. The van der Waals surface area contributed by atoms with Gasteiger partial charge in [-0.05, 0) is 45.0 Å². The van der Waals surface area contributed by atoms with E-state index in [0.717, 1.165) is 12.1 Å². The van der Waals surface area contributed by atoms with Crippen molar-refractivity contribution in [2.45, 2.75) is 33.0 Å². The van der Waals surface area contributed by atoms with Gasteiger partial charge >= 0.3 is 6.18 Å². The lowest BCUT2D eigenvalue weighted by Crippen LogP contribution is -2.42. The molecule has 0 aliphatic rings. The van der Waals surface area contributed by atoms with E-state index in [1.54, 1.807) is 6.92 Å². The fourth-order valence-corrected chi connectivity index (χ4v) is 2.48. The highest BCUT2D eigenvalue weighted by Gasteiger charge is 2.30. The van der Waals surface area contributed by atoms with Crippen molar-refractivity contribution in [1.82, 2.24) is 10.2 Å². The topological polar surface area (TPSA) is 62.6 Å². The van der Waals surface area contributed by atoms with Gasteiger partial charge in [0, 0.05) is 18.2 Å². The van der Waals surface area contributed by atoms with Crippen molar-refractivity contribution in [1.29, 1.82) is 0 Å². The van der Waals surface area contributed by atoms with Crippen molar-refractivity contribution in [3.05, 3.63) is 47.7 Å². The number of amides is 2. The van der Waals surface area contributed by atoms with E-state index in [1.807, 2.05) is 13.8 Å². The average Bonchev–Trinajstić information content (AvgIpc) is 3.08. The van der Waals surface area contributed by atoms with E-state index in [0.29, 0.717) is 0 Å². The van der Waals surface area contributed by atoms with Gasteiger partial charge in [0.05, 0.1) is 12.1 Å². The molecule has 0 bridgehead atoms. The highest BCUT2D eigenvalue weighted by molar-refractivity contribution is 5.94. The molecule has 0 saturated carbocycles. The molecule has 0 spiro atoms. The number of carbonyl (C=O) groups excluding carboxylic acids is 2. The van der Waals surface area contributed by atoms with E-state index in [4.69, 9.17) is 4.42 Å². The van der Waals surface area contributed by atoms with Crippen LogP contribution in [0.5, 0.6) is 0 Å². The number of carbonyl (C=O) groups is 2. The lowest BCUT2D eigenvalue weighted by atomic mass is 10.1. The molecule has 0 unspecified atom stereocenters. The molecule has 1 N–H and O–H groups in total. The standard InChI is InChI=1S/C19H21F3N2O3/c1-4-24(11-17(25)23-12(2)3)18(26)16-9-8-15(27-16)13-6-5-7-14(10-13)19(20,21)22/h5-10,12H,4,11H2,1-3H3,(H,23,25). The van der Waals surface area contributed by atoms with Crippen LogP contribution in [0.1, 0.15) is 36.9 Å². The van der Waals surface area contributed by atoms with Crippen molar-refractivity contribution in [3.8, 4) is 11.3 Å². The first-order chi connectivity index (χ1) is 12.6. The third-order valence-electron chi connectivity index (χ3n) is 3.74. The Hall–Kier alpha value is -2.77. The van der Waals surface area contributed by atoms with Crippen LogP contribution in [0.4, 0.5) is 13.2 Å². The molecule has 27 heavy (non-hydrogen) atoms. The van der Waals surface area contributed by atoms with Gasteiger partial charge in [-0.3, -0.25) is 9.59 Å². The summed E-state index contributed by atoms with van der Waals surface area (Å²) in [7, 11) is 0. The van der Waals surface area contributed by atoms with Gasteiger partial charge in [-0.15, -0.1) is 0 Å². The molecule has 0 aliphatic carbocycles. The molecule has 146 valence electrons. The van der Waals surface area contributed by atoms with E-state index in [2.05, 4.69) is 5.32 Å². The zero-order valence-corrected chi connectivity index (χ0v) is 15.3. The first-order valence-electron chi connectivity index (χ1n) is 8.48. The molecule has 1 aromatic heterocycles. The molecule has 8 heteroatoms. The van der Waals surface area contributed by atoms with Gasteiger partial charge in [0.15, 0.2) is 5.76 Å². The number of furan rings is 1. The fourth-order valence-electron chi connectivity index (χ4n) is 2.48. The van der Waals surface area contributed by atoms with Crippen molar-refractivity contribution in [2.75, 3.05) is 13.1 Å². The van der Waals surface area contributed by atoms with Gasteiger partial charge in [-0.1, -0.05) is 12.1 Å². The van der Waals surface area contributed by atoms with E-state index < -0.39 is 17.6 Å². The predicted octanol–water partition coefficient (Wildman–Crippen LogP) is 3.95. The second-order valence-corrected chi connectivity index (χ2v) is 6.28. The minimum Gasteiger partial charge on any atom is -0.451 e. The number of benzene rings is 1. The molecule has 2 aromatic rings. The molecule has 2 rings (SSSR count). The van der Waals surface area contributed by atoms with E-state index in [-0.39, 0.29) is 42.1 Å². The van der Waals surface area contributed by atoms with Gasteiger partial charge in [-0.2, -0.15) is 13.2 Å². The molecule has 1 heterocycles. The van der Waals surface area contributed by atoms with Crippen LogP contribution in [0.2, 0.25) is 0 Å². The van der Waals surface area contributed by atoms with Crippen LogP contribution in [0.15, 0.2) is 40.8 Å². The van der Waals surface area contributed by atoms with Gasteiger partial charge in [0.25, 0.3) is 5.91 Å². The molecule has 0 radical (unpaired) electrons. The summed E-state index contributed by atoms with van der Waals surface area (Å²) in [6.07, 6.45) is -4.47. The van der Waals surface area contributed by atoms with E-state index in [1.165, 1.54) is 29.2 Å². The quantitative estimate of drug-likeness (QED) is 0.823. The van der Waals surface area contributed by atoms with Crippen molar-refractivity contribution in [2.24, 2.45) is 0 Å². The predicted molar refractivity (Wildman–Crippen MR) is 94.0 cm³/mol. The second kappa shape index (κ2) is 8.28. The maximum absolute atomic E-state index is 12.9. The summed E-state index contributed by atoms with van der Waals surface area (Å²) in [5.41, 5.74) is -0.589. The molecule has 0 atom stereocenters. The molecule has 5 nitrogen and oxygen atoms in total. The Bertz CT molecular complexity index is 813. The number of rotatable bonds is 6. The lowest BCUT2D eigenvalue weighted by Gasteiger charge is -2.20. The van der Waals surface area contributed by atoms with E-state index in [9.17, 15) is 22.8 Å². The SMILES string of the molecule is CCN(CC(=O)NC(C)C)C(=O)c1ccc(-c2cccc(C(F)(F)F)c2)o1. The minimum absolute atomic E-state index is 0.0402. The second-order valence-electron chi connectivity index (χ2n) is 6.28. The first-order valence-corrected chi connectivity index (χ1v) is 8.48. The smallest absolute Gasteiger partial charge is 0.416 e. The molecular weight excluding hydrogens is 361 g/mol. The zero-order chi connectivity index (χ0) is 20.2. The fraction of sp³-hybridized carbons (Fsp3) is 0.368. The Morgan fingerprint density at radius 2 is 1.89 bits per heavy atom. The van der Waals surface area contributed by atoms with Crippen molar-refractivity contribution >= 4 is 11.8 Å². The number of alkyl halides is 3. The van der Waals surface area contributed by atoms with Crippen LogP contribution < -0.4 is 5.32 Å². The molecule has 0 aliphatic heterocycles. The Balaban J connectivity index is 2.19. The van der Waals surface area contributed by atoms with Gasteiger partial charge in [-0.25, -0.2) is 0 Å². The Kier molecular flexibility index (Phi) is 6.30. The summed E-state index contributed by atoms with van der Waals surface area (Å²) in [5.74, 6) is -0.701. The monoisotopic (exact) mass is 382 g/mol. The molecule has 2 amide bonds. The van der Waals surface area contributed by atoms with Crippen LogP contribution in [0, 0.1) is 0 Å². The molecule has 0 fully saturated rings. The molecule has 1 aromatic carbocycles. The number of hydrogen-bond donors (Lipinski definition) is 1. The van der Waals surface area contributed by atoms with Crippen LogP contribution in [0.25, 0.3) is 11.3 Å². The van der Waals surface area contributed by atoms with Gasteiger partial charge in [0.2, 0.25) is 5.91 Å². The lowest BCUT2D eigenvalue weighted by molar-refractivity contribution is -0.137. The van der Waals surface area contributed by atoms with Crippen LogP contribution in [0.3, 0.4) is 0 Å². The first kappa shape index (κ1) is 20.5. The van der Waals surface area contributed by atoms with Gasteiger partial charge in [0.1, 0.15) is 5.76 Å². The maximum atomic E-state index is 12.9. The van der Waals surface area contributed by atoms with Crippen LogP contribution in [-0.4, -0.2) is 35.8 Å². The van der Waals surface area contributed by atoms with Crippen LogP contribution >= 0.6 is 0 Å². The Morgan fingerprint density at radius 3 is 2.48 bits per heavy atom. The van der Waals surface area contributed by atoms with Crippen molar-refractivity contribution < 1.29 is 27.2 Å². The normalized spacial score (nSPS) is 11.5. The van der Waals surface area contributed by atoms with Gasteiger partial charge < -0.3 is 14.6 Å². The van der Waals surface area contributed by atoms with Crippen LogP contribution in [-0.2, 0) is 11.0 Å². The zero-order valence-electron chi connectivity index (χ0n) is 15.3. The summed E-state index contributed by atoms with van der Waals surface area (Å²) < 4.78 is 44.0. The van der Waals surface area contributed by atoms with E-state index >= 15 is 0 Å². The number of nitrogens with one attached hydrogen (secondary N) is 1. The largest absolute Gasteiger partial charge is 0.451 e. The Labute approximate surface area is 155 Å². The Morgan fingerprint density at radius 1 is 1.19 bits per heavy atom. The number of halogens is 3. The minimum atomic E-state index is -4.47. The number of hydrogen-bond acceptors (Lipinski definition) is 3. The average molecular weight is 382 g/mol. The third-order valence-corrected chi connectivity index (χ3v) is 3.74. The highest BCUT2D eigenvalue weighted by Crippen LogP contribution is 2.32. The maximum Gasteiger partial charge on any atom is 0.416 e. The third kappa shape index (κ3) is 5.35.